The van der Waals surface area contributed by atoms with E-state index in [9.17, 15) is 4.39 Å². The van der Waals surface area contributed by atoms with Crippen LogP contribution in [0.3, 0.4) is 0 Å². The molecule has 0 radical (unpaired) electrons. The molecule has 8 nitrogen and oxygen atoms in total. The minimum absolute atomic E-state index is 0.167. The van der Waals surface area contributed by atoms with E-state index < -0.39 is 8.32 Å². The van der Waals surface area contributed by atoms with E-state index in [0.717, 1.165) is 5.56 Å². The standard InChI is InChI=1S/C38H46FN5O3Si/c1-37(2,3)47-31-22-33(44-26-42-34-35(40-25-41-36(34)44)43(7)23-27-15-14-16-28(39)21-27)46-32(31)24-45-48(38(4,5)6,29-17-10-8-11-18-29)30-19-12-9-13-20-30/h8-21,25-26,31-33H,22-24H2,1-7H3/t31-,32+,33+/m0/s1. The lowest BCUT2D eigenvalue weighted by Crippen LogP contribution is -2.67. The SMILES string of the molecule is CN(Cc1cccc(F)c1)c1ncnc2c1ncn2[C@H]1C[C@H](OC(C)(C)C)[C@@H](CO[Si](c2ccccc2)(c2ccccc2)C(C)(C)C)O1. The number of ether oxygens (including phenoxy) is 2. The van der Waals surface area contributed by atoms with Crippen molar-refractivity contribution in [3.8, 4) is 0 Å². The molecule has 0 saturated carbocycles. The van der Waals surface area contributed by atoms with Gasteiger partial charge in [0.2, 0.25) is 0 Å². The molecular formula is C38H46FN5O3Si. The van der Waals surface area contributed by atoms with E-state index in [0.29, 0.717) is 36.6 Å². The third kappa shape index (κ3) is 6.93. The lowest BCUT2D eigenvalue weighted by atomic mass is 10.1. The van der Waals surface area contributed by atoms with Crippen LogP contribution in [0.1, 0.15) is 59.8 Å². The molecule has 1 fully saturated rings. The number of hydrogen-bond acceptors (Lipinski definition) is 7. The van der Waals surface area contributed by atoms with Gasteiger partial charge in [0, 0.05) is 20.0 Å². The Morgan fingerprint density at radius 2 is 1.56 bits per heavy atom. The van der Waals surface area contributed by atoms with Crippen LogP contribution < -0.4 is 15.3 Å². The van der Waals surface area contributed by atoms with E-state index in [2.05, 4.69) is 112 Å². The second kappa shape index (κ2) is 13.5. The summed E-state index contributed by atoms with van der Waals surface area (Å²) in [5.41, 5.74) is 1.78. The fourth-order valence-corrected chi connectivity index (χ4v) is 11.5. The van der Waals surface area contributed by atoms with Crippen molar-refractivity contribution < 1.29 is 18.3 Å². The third-order valence-corrected chi connectivity index (χ3v) is 13.9. The number of anilines is 1. The maximum atomic E-state index is 13.9. The van der Waals surface area contributed by atoms with Crippen LogP contribution in [-0.4, -0.2) is 59.3 Å². The summed E-state index contributed by atoms with van der Waals surface area (Å²) in [4.78, 5) is 15.9. The Hall–Kier alpha value is -3.96. The summed E-state index contributed by atoms with van der Waals surface area (Å²) in [7, 11) is -0.877. The first kappa shape index (κ1) is 33.9. The zero-order valence-corrected chi connectivity index (χ0v) is 29.9. The van der Waals surface area contributed by atoms with Crippen LogP contribution in [0, 0.1) is 5.82 Å². The highest BCUT2D eigenvalue weighted by atomic mass is 28.4. The average Bonchev–Trinajstić information content (AvgIpc) is 3.65. The predicted octanol–water partition coefficient (Wildman–Crippen LogP) is 6.65. The quantitative estimate of drug-likeness (QED) is 0.155. The van der Waals surface area contributed by atoms with Crippen molar-refractivity contribution in [2.75, 3.05) is 18.6 Å². The molecule has 3 heterocycles. The first-order chi connectivity index (χ1) is 22.9. The van der Waals surface area contributed by atoms with Crippen molar-refractivity contribution in [3.05, 3.63) is 109 Å². The van der Waals surface area contributed by atoms with Crippen LogP contribution in [-0.2, 0) is 20.4 Å². The van der Waals surface area contributed by atoms with Gasteiger partial charge in [-0.25, -0.2) is 19.3 Å². The van der Waals surface area contributed by atoms with Crippen molar-refractivity contribution in [2.24, 2.45) is 0 Å². The Bertz CT molecular complexity index is 1780. The van der Waals surface area contributed by atoms with Gasteiger partial charge in [0.25, 0.3) is 8.32 Å². The van der Waals surface area contributed by atoms with Crippen molar-refractivity contribution in [3.63, 3.8) is 0 Å². The van der Waals surface area contributed by atoms with E-state index in [-0.39, 0.29) is 34.9 Å². The third-order valence-electron chi connectivity index (χ3n) is 8.89. The van der Waals surface area contributed by atoms with Crippen LogP contribution in [0.4, 0.5) is 10.2 Å². The maximum absolute atomic E-state index is 13.9. The molecule has 6 rings (SSSR count). The molecule has 0 amide bonds. The number of fused-ring (bicyclic) bond motifs is 1. The summed E-state index contributed by atoms with van der Waals surface area (Å²) in [5, 5.41) is 2.27. The van der Waals surface area contributed by atoms with Gasteiger partial charge in [0.15, 0.2) is 17.0 Å². The van der Waals surface area contributed by atoms with Crippen molar-refractivity contribution in [1.82, 2.24) is 19.5 Å². The molecule has 1 aliphatic rings. The highest BCUT2D eigenvalue weighted by Gasteiger charge is 2.51. The number of benzene rings is 3. The lowest BCUT2D eigenvalue weighted by Gasteiger charge is -2.43. The Kier molecular flexibility index (Phi) is 9.54. The molecule has 3 atom stereocenters. The molecule has 0 spiro atoms. The molecule has 0 aliphatic carbocycles. The van der Waals surface area contributed by atoms with Gasteiger partial charge in [-0.05, 0) is 53.9 Å². The fourth-order valence-electron chi connectivity index (χ4n) is 6.88. The molecule has 1 saturated heterocycles. The average molecular weight is 668 g/mol. The van der Waals surface area contributed by atoms with Crippen molar-refractivity contribution >= 4 is 35.7 Å². The number of rotatable bonds is 10. The van der Waals surface area contributed by atoms with Gasteiger partial charge < -0.3 is 18.8 Å². The summed E-state index contributed by atoms with van der Waals surface area (Å²) in [6, 6.07) is 27.9. The molecule has 252 valence electrons. The fraction of sp³-hybridized carbons (Fsp3) is 0.395. The van der Waals surface area contributed by atoms with Gasteiger partial charge in [0.05, 0.1) is 24.6 Å². The number of halogens is 1. The number of aromatic nitrogens is 4. The second-order valence-corrected chi connectivity index (χ2v) is 18.9. The second-order valence-electron chi connectivity index (χ2n) is 14.6. The van der Waals surface area contributed by atoms with E-state index >= 15 is 0 Å². The molecule has 2 aromatic heterocycles. The first-order valence-corrected chi connectivity index (χ1v) is 18.5. The van der Waals surface area contributed by atoms with Gasteiger partial charge in [-0.2, -0.15) is 0 Å². The van der Waals surface area contributed by atoms with Crippen LogP contribution in [0.15, 0.2) is 97.6 Å². The normalized spacial score (nSPS) is 18.8. The zero-order valence-electron chi connectivity index (χ0n) is 28.9. The molecular weight excluding hydrogens is 622 g/mol. The summed E-state index contributed by atoms with van der Waals surface area (Å²) >= 11 is 0. The molecule has 0 N–H and O–H groups in total. The minimum atomic E-state index is -2.80. The summed E-state index contributed by atoms with van der Waals surface area (Å²) in [5.74, 6) is 0.395. The monoisotopic (exact) mass is 667 g/mol. The van der Waals surface area contributed by atoms with Crippen LogP contribution in [0.25, 0.3) is 11.2 Å². The topological polar surface area (TPSA) is 74.5 Å². The molecule has 1 aliphatic heterocycles. The van der Waals surface area contributed by atoms with Gasteiger partial charge in [-0.15, -0.1) is 0 Å². The summed E-state index contributed by atoms with van der Waals surface area (Å²) < 4.78 is 36.7. The summed E-state index contributed by atoms with van der Waals surface area (Å²) in [6.45, 7) is 13.9. The van der Waals surface area contributed by atoms with Gasteiger partial charge >= 0.3 is 0 Å². The largest absolute Gasteiger partial charge is 0.405 e. The minimum Gasteiger partial charge on any atom is -0.405 e. The molecule has 0 bridgehead atoms. The van der Waals surface area contributed by atoms with Gasteiger partial charge in [-0.3, -0.25) is 4.57 Å². The molecule has 0 unspecified atom stereocenters. The number of nitrogens with zero attached hydrogens (tertiary/aromatic N) is 5. The first-order valence-electron chi connectivity index (χ1n) is 16.6. The highest BCUT2D eigenvalue weighted by Crippen LogP contribution is 2.40. The van der Waals surface area contributed by atoms with Crippen LogP contribution >= 0.6 is 0 Å². The molecule has 3 aromatic carbocycles. The summed E-state index contributed by atoms with van der Waals surface area (Å²) in [6.07, 6.45) is 3.00. The smallest absolute Gasteiger partial charge is 0.261 e. The number of imidazole rings is 1. The van der Waals surface area contributed by atoms with Gasteiger partial charge in [-0.1, -0.05) is 93.6 Å². The van der Waals surface area contributed by atoms with Crippen molar-refractivity contribution in [2.45, 2.75) is 83.6 Å². The zero-order chi connectivity index (χ0) is 34.1. The Morgan fingerprint density at radius 3 is 2.17 bits per heavy atom. The molecule has 48 heavy (non-hydrogen) atoms. The highest BCUT2D eigenvalue weighted by molar-refractivity contribution is 6.99. The van der Waals surface area contributed by atoms with Crippen molar-refractivity contribution in [1.29, 1.82) is 0 Å². The van der Waals surface area contributed by atoms with Crippen LogP contribution in [0.5, 0.6) is 0 Å². The number of hydrogen-bond donors (Lipinski definition) is 0. The van der Waals surface area contributed by atoms with E-state index in [1.54, 1.807) is 18.7 Å². The lowest BCUT2D eigenvalue weighted by molar-refractivity contribution is -0.103. The Balaban J connectivity index is 1.31. The van der Waals surface area contributed by atoms with Crippen LogP contribution in [0.2, 0.25) is 5.04 Å². The van der Waals surface area contributed by atoms with E-state index in [4.69, 9.17) is 18.9 Å². The maximum Gasteiger partial charge on any atom is 0.261 e. The van der Waals surface area contributed by atoms with E-state index in [1.165, 1.54) is 22.5 Å². The predicted molar refractivity (Wildman–Crippen MR) is 191 cm³/mol. The van der Waals surface area contributed by atoms with E-state index in [1.807, 2.05) is 22.6 Å². The molecule has 5 aromatic rings. The Labute approximate surface area is 284 Å². The molecule has 10 heteroatoms. The van der Waals surface area contributed by atoms with Gasteiger partial charge in [0.1, 0.15) is 24.5 Å². The Morgan fingerprint density at radius 1 is 0.896 bits per heavy atom.